The summed E-state index contributed by atoms with van der Waals surface area (Å²) in [5.74, 6) is 0.00983. The Balaban J connectivity index is 2.55. The second-order valence-electron chi connectivity index (χ2n) is 4.53. The van der Waals surface area contributed by atoms with E-state index in [4.69, 9.17) is 0 Å². The largest absolute Gasteiger partial charge is 0.344 e. The lowest BCUT2D eigenvalue weighted by molar-refractivity contribution is -0.120. The molecule has 1 aromatic heterocycles. The van der Waals surface area contributed by atoms with Crippen LogP contribution in [0.3, 0.4) is 0 Å². The minimum atomic E-state index is -0.276. The van der Waals surface area contributed by atoms with Crippen molar-refractivity contribution >= 4 is 23.0 Å². The maximum atomic E-state index is 11.7. The van der Waals surface area contributed by atoms with Crippen molar-refractivity contribution < 1.29 is 9.59 Å². The zero-order valence-corrected chi connectivity index (χ0v) is 11.4. The van der Waals surface area contributed by atoms with E-state index in [9.17, 15) is 9.59 Å². The fraction of sp³-hybridized carbons (Fsp3) is 0.583. The van der Waals surface area contributed by atoms with Gasteiger partial charge in [-0.15, -0.1) is 11.3 Å². The first-order chi connectivity index (χ1) is 7.91. The van der Waals surface area contributed by atoms with Crippen molar-refractivity contribution in [3.63, 3.8) is 0 Å². The molecule has 94 valence electrons. The number of rotatable bonds is 5. The van der Waals surface area contributed by atoms with Gasteiger partial charge >= 0.3 is 0 Å². The van der Waals surface area contributed by atoms with Gasteiger partial charge in [0, 0.05) is 17.2 Å². The molecule has 1 aromatic rings. The SMILES string of the molecule is CC(C)C(=O)CNC(=O)c1csc(C(C)C)n1. The van der Waals surface area contributed by atoms with E-state index in [0.29, 0.717) is 11.6 Å². The van der Waals surface area contributed by atoms with E-state index in [1.807, 2.05) is 27.7 Å². The first-order valence-electron chi connectivity index (χ1n) is 5.68. The van der Waals surface area contributed by atoms with Gasteiger partial charge in [0.2, 0.25) is 0 Å². The Kier molecular flexibility index (Phi) is 4.81. The van der Waals surface area contributed by atoms with Crippen molar-refractivity contribution in [2.24, 2.45) is 5.92 Å². The molecule has 17 heavy (non-hydrogen) atoms. The molecule has 0 aromatic carbocycles. The van der Waals surface area contributed by atoms with Gasteiger partial charge in [0.05, 0.1) is 11.6 Å². The van der Waals surface area contributed by atoms with Gasteiger partial charge < -0.3 is 5.32 Å². The highest BCUT2D eigenvalue weighted by molar-refractivity contribution is 7.09. The van der Waals surface area contributed by atoms with E-state index in [0.717, 1.165) is 5.01 Å². The van der Waals surface area contributed by atoms with Gasteiger partial charge in [-0.05, 0) is 0 Å². The predicted molar refractivity (Wildman–Crippen MR) is 68.4 cm³/mol. The number of nitrogens with zero attached hydrogens (tertiary/aromatic N) is 1. The average molecular weight is 254 g/mol. The van der Waals surface area contributed by atoms with Gasteiger partial charge in [-0.25, -0.2) is 4.98 Å². The van der Waals surface area contributed by atoms with E-state index in [2.05, 4.69) is 10.3 Å². The fourth-order valence-electron chi connectivity index (χ4n) is 1.12. The number of Topliss-reactive ketones (excluding diaryl/α,β-unsaturated/α-hetero) is 1. The van der Waals surface area contributed by atoms with Crippen molar-refractivity contribution in [3.8, 4) is 0 Å². The molecule has 0 aliphatic rings. The summed E-state index contributed by atoms with van der Waals surface area (Å²) < 4.78 is 0. The van der Waals surface area contributed by atoms with Gasteiger partial charge in [-0.2, -0.15) is 0 Å². The van der Waals surface area contributed by atoms with Crippen LogP contribution in [-0.2, 0) is 4.79 Å². The highest BCUT2D eigenvalue weighted by atomic mass is 32.1. The number of aromatic nitrogens is 1. The second kappa shape index (κ2) is 5.91. The topological polar surface area (TPSA) is 59.1 Å². The molecule has 1 amide bonds. The van der Waals surface area contributed by atoms with Crippen LogP contribution in [0.4, 0.5) is 0 Å². The summed E-state index contributed by atoms with van der Waals surface area (Å²) in [6.45, 7) is 7.76. The minimum Gasteiger partial charge on any atom is -0.344 e. The Morgan fingerprint density at radius 2 is 2.00 bits per heavy atom. The Bertz CT molecular complexity index is 410. The predicted octanol–water partition coefficient (Wildman–Crippen LogP) is 2.22. The number of nitrogens with one attached hydrogen (secondary N) is 1. The van der Waals surface area contributed by atoms with E-state index in [1.54, 1.807) is 5.38 Å². The molecule has 0 aliphatic heterocycles. The number of hydrogen-bond acceptors (Lipinski definition) is 4. The number of amides is 1. The Labute approximate surface area is 105 Å². The summed E-state index contributed by atoms with van der Waals surface area (Å²) in [6.07, 6.45) is 0. The molecule has 0 radical (unpaired) electrons. The maximum Gasteiger partial charge on any atom is 0.271 e. The third kappa shape index (κ3) is 3.93. The van der Waals surface area contributed by atoms with Crippen LogP contribution in [0.25, 0.3) is 0 Å². The number of hydrogen-bond donors (Lipinski definition) is 1. The number of thiazole rings is 1. The molecule has 0 bridgehead atoms. The molecule has 0 unspecified atom stereocenters. The van der Waals surface area contributed by atoms with Crippen LogP contribution in [0, 0.1) is 5.92 Å². The van der Waals surface area contributed by atoms with Crippen molar-refractivity contribution in [2.75, 3.05) is 6.54 Å². The standard InChI is InChI=1S/C12H18N2O2S/c1-7(2)10(15)5-13-11(16)9-6-17-12(14-9)8(3)4/h6-8H,5H2,1-4H3,(H,13,16). The molecule has 0 aliphatic carbocycles. The Morgan fingerprint density at radius 3 is 2.47 bits per heavy atom. The summed E-state index contributed by atoms with van der Waals surface area (Å²) in [5.41, 5.74) is 0.398. The minimum absolute atomic E-state index is 0.0256. The van der Waals surface area contributed by atoms with Crippen molar-refractivity contribution in [3.05, 3.63) is 16.1 Å². The van der Waals surface area contributed by atoms with Crippen LogP contribution in [0.2, 0.25) is 0 Å². The van der Waals surface area contributed by atoms with Gasteiger partial charge in [-0.1, -0.05) is 27.7 Å². The molecule has 0 atom stereocenters. The smallest absolute Gasteiger partial charge is 0.271 e. The molecule has 1 rings (SSSR count). The van der Waals surface area contributed by atoms with Crippen LogP contribution in [0.1, 0.15) is 49.1 Å². The van der Waals surface area contributed by atoms with Crippen LogP contribution in [0.5, 0.6) is 0 Å². The van der Waals surface area contributed by atoms with E-state index in [1.165, 1.54) is 11.3 Å². The molecule has 4 nitrogen and oxygen atoms in total. The molecular formula is C12H18N2O2S. The summed E-state index contributed by atoms with van der Waals surface area (Å²) >= 11 is 1.47. The first kappa shape index (κ1) is 13.8. The zero-order valence-electron chi connectivity index (χ0n) is 10.6. The fourth-order valence-corrected chi connectivity index (χ4v) is 1.93. The lowest BCUT2D eigenvalue weighted by Gasteiger charge is -2.04. The highest BCUT2D eigenvalue weighted by Crippen LogP contribution is 2.18. The van der Waals surface area contributed by atoms with Crippen LogP contribution >= 0.6 is 11.3 Å². The van der Waals surface area contributed by atoms with Crippen molar-refractivity contribution in [2.45, 2.75) is 33.6 Å². The summed E-state index contributed by atoms with van der Waals surface area (Å²) in [4.78, 5) is 27.3. The summed E-state index contributed by atoms with van der Waals surface area (Å²) in [7, 11) is 0. The van der Waals surface area contributed by atoms with E-state index in [-0.39, 0.29) is 24.2 Å². The van der Waals surface area contributed by atoms with Gasteiger partial charge in [0.15, 0.2) is 5.78 Å². The Morgan fingerprint density at radius 1 is 1.35 bits per heavy atom. The van der Waals surface area contributed by atoms with Crippen molar-refractivity contribution in [1.29, 1.82) is 0 Å². The number of carbonyl (C=O) groups excluding carboxylic acids is 2. The van der Waals surface area contributed by atoms with Gasteiger partial charge in [0.1, 0.15) is 5.69 Å². The van der Waals surface area contributed by atoms with Crippen molar-refractivity contribution in [1.82, 2.24) is 10.3 Å². The van der Waals surface area contributed by atoms with Crippen LogP contribution < -0.4 is 5.32 Å². The quantitative estimate of drug-likeness (QED) is 0.876. The molecular weight excluding hydrogens is 236 g/mol. The average Bonchev–Trinajstić information content (AvgIpc) is 2.74. The van der Waals surface area contributed by atoms with Crippen LogP contribution in [-0.4, -0.2) is 23.2 Å². The Hall–Kier alpha value is -1.23. The maximum absolute atomic E-state index is 11.7. The lowest BCUT2D eigenvalue weighted by Crippen LogP contribution is -2.31. The normalized spacial score (nSPS) is 10.9. The molecule has 5 heteroatoms. The monoisotopic (exact) mass is 254 g/mol. The third-order valence-corrected chi connectivity index (χ3v) is 3.46. The highest BCUT2D eigenvalue weighted by Gasteiger charge is 2.14. The third-order valence-electron chi connectivity index (χ3n) is 2.32. The number of ketones is 1. The molecule has 1 heterocycles. The van der Waals surface area contributed by atoms with E-state index < -0.39 is 0 Å². The number of carbonyl (C=O) groups is 2. The molecule has 0 fully saturated rings. The summed E-state index contributed by atoms with van der Waals surface area (Å²) in [6, 6.07) is 0. The lowest BCUT2D eigenvalue weighted by atomic mass is 10.1. The zero-order chi connectivity index (χ0) is 13.0. The molecule has 1 N–H and O–H groups in total. The molecule has 0 saturated heterocycles. The summed E-state index contributed by atoms with van der Waals surface area (Å²) in [5, 5.41) is 5.25. The van der Waals surface area contributed by atoms with Gasteiger partial charge in [0.25, 0.3) is 5.91 Å². The second-order valence-corrected chi connectivity index (χ2v) is 5.42. The van der Waals surface area contributed by atoms with E-state index >= 15 is 0 Å². The first-order valence-corrected chi connectivity index (χ1v) is 6.56. The molecule has 0 spiro atoms. The van der Waals surface area contributed by atoms with Crippen LogP contribution in [0.15, 0.2) is 5.38 Å². The van der Waals surface area contributed by atoms with Gasteiger partial charge in [-0.3, -0.25) is 9.59 Å². The molecule has 0 saturated carbocycles.